The number of aromatic carboxylic acids is 1. The first kappa shape index (κ1) is 19.1. The van der Waals surface area contributed by atoms with Crippen molar-refractivity contribution < 1.29 is 19.4 Å². The summed E-state index contributed by atoms with van der Waals surface area (Å²) in [4.78, 5) is 29.3. The molecule has 142 valence electrons. The Kier molecular flexibility index (Phi) is 5.88. The molecule has 0 saturated heterocycles. The zero-order chi connectivity index (χ0) is 19.4. The van der Waals surface area contributed by atoms with Crippen molar-refractivity contribution in [1.29, 1.82) is 0 Å². The quantitative estimate of drug-likeness (QED) is 0.638. The molecular weight excluding hydrogens is 368 g/mol. The fourth-order valence-corrected chi connectivity index (χ4v) is 3.72. The number of carboxylic acid groups (broad SMARTS) is 1. The largest absolute Gasteiger partial charge is 0.492 e. The number of benzene rings is 1. The molecule has 2 aromatic heterocycles. The van der Waals surface area contributed by atoms with Gasteiger partial charge < -0.3 is 14.6 Å². The van der Waals surface area contributed by atoms with Crippen molar-refractivity contribution in [2.75, 3.05) is 20.3 Å². The highest BCUT2D eigenvalue weighted by atomic mass is 32.1. The fourth-order valence-electron chi connectivity index (χ4n) is 2.80. The zero-order valence-electron chi connectivity index (χ0n) is 15.1. The van der Waals surface area contributed by atoms with Crippen LogP contribution in [0, 0.1) is 6.92 Å². The van der Waals surface area contributed by atoms with E-state index in [2.05, 4.69) is 4.98 Å². The molecule has 7 nitrogen and oxygen atoms in total. The molecule has 2 heterocycles. The van der Waals surface area contributed by atoms with Crippen LogP contribution < -0.4 is 10.3 Å². The lowest BCUT2D eigenvalue weighted by Gasteiger charge is -2.13. The first-order valence-electron chi connectivity index (χ1n) is 8.44. The van der Waals surface area contributed by atoms with Gasteiger partial charge in [0, 0.05) is 18.9 Å². The summed E-state index contributed by atoms with van der Waals surface area (Å²) < 4.78 is 12.3. The highest BCUT2D eigenvalue weighted by molar-refractivity contribution is 7.17. The molecule has 0 spiro atoms. The normalized spacial score (nSPS) is 11.0. The van der Waals surface area contributed by atoms with Crippen LogP contribution in [-0.4, -0.2) is 41.0 Å². The number of thiophene rings is 1. The molecule has 0 atom stereocenters. The minimum atomic E-state index is -1.13. The van der Waals surface area contributed by atoms with Crippen LogP contribution in [-0.2, 0) is 17.7 Å². The lowest BCUT2D eigenvalue weighted by Crippen LogP contribution is -2.29. The average molecular weight is 388 g/mol. The first-order chi connectivity index (χ1) is 13.0. The molecule has 0 radical (unpaired) electrons. The van der Waals surface area contributed by atoms with Crippen molar-refractivity contribution in [2.24, 2.45) is 0 Å². The third-order valence-electron chi connectivity index (χ3n) is 4.11. The summed E-state index contributed by atoms with van der Waals surface area (Å²) in [7, 11) is 1.58. The van der Waals surface area contributed by atoms with Crippen LogP contribution in [0.25, 0.3) is 10.2 Å². The van der Waals surface area contributed by atoms with Crippen LogP contribution >= 0.6 is 11.3 Å². The van der Waals surface area contributed by atoms with Gasteiger partial charge in [0.05, 0.1) is 24.1 Å². The SMILES string of the molecule is COCCc1nc2scc(C(=O)O)c2c(=O)n1CCOc1cccc(C)c1. The van der Waals surface area contributed by atoms with E-state index in [0.717, 1.165) is 22.6 Å². The van der Waals surface area contributed by atoms with E-state index in [4.69, 9.17) is 9.47 Å². The highest BCUT2D eigenvalue weighted by Crippen LogP contribution is 2.22. The first-order valence-corrected chi connectivity index (χ1v) is 9.32. The molecule has 0 bridgehead atoms. The number of carboxylic acids is 1. The molecule has 27 heavy (non-hydrogen) atoms. The Balaban J connectivity index is 1.92. The van der Waals surface area contributed by atoms with E-state index in [-0.39, 0.29) is 29.7 Å². The van der Waals surface area contributed by atoms with Crippen molar-refractivity contribution in [1.82, 2.24) is 9.55 Å². The maximum absolute atomic E-state index is 13.0. The number of hydrogen-bond donors (Lipinski definition) is 1. The molecule has 3 aromatic rings. The Morgan fingerprint density at radius 2 is 2.15 bits per heavy atom. The molecule has 0 saturated carbocycles. The third kappa shape index (κ3) is 4.17. The number of aryl methyl sites for hydroxylation is 1. The maximum atomic E-state index is 13.0. The van der Waals surface area contributed by atoms with Gasteiger partial charge in [0.15, 0.2) is 0 Å². The third-order valence-corrected chi connectivity index (χ3v) is 4.98. The lowest BCUT2D eigenvalue weighted by molar-refractivity contribution is 0.0699. The Morgan fingerprint density at radius 3 is 2.85 bits per heavy atom. The van der Waals surface area contributed by atoms with Crippen LogP contribution in [0.1, 0.15) is 21.7 Å². The van der Waals surface area contributed by atoms with Crippen LogP contribution in [0.2, 0.25) is 0 Å². The summed E-state index contributed by atoms with van der Waals surface area (Å²) >= 11 is 1.16. The monoisotopic (exact) mass is 388 g/mol. The van der Waals surface area contributed by atoms with Crippen LogP contribution in [0.15, 0.2) is 34.4 Å². The van der Waals surface area contributed by atoms with Crippen molar-refractivity contribution in [3.05, 3.63) is 57.0 Å². The van der Waals surface area contributed by atoms with E-state index in [0.29, 0.717) is 23.7 Å². The Hall–Kier alpha value is -2.71. The van der Waals surface area contributed by atoms with Gasteiger partial charge >= 0.3 is 5.97 Å². The van der Waals surface area contributed by atoms with Crippen molar-refractivity contribution in [2.45, 2.75) is 19.9 Å². The van der Waals surface area contributed by atoms with E-state index in [1.165, 1.54) is 9.95 Å². The average Bonchev–Trinajstić information content (AvgIpc) is 3.06. The summed E-state index contributed by atoms with van der Waals surface area (Å²) in [5, 5.41) is 10.9. The molecule has 0 aliphatic carbocycles. The van der Waals surface area contributed by atoms with E-state index in [1.807, 2.05) is 31.2 Å². The number of hydrogen-bond acceptors (Lipinski definition) is 6. The molecule has 1 aromatic carbocycles. The zero-order valence-corrected chi connectivity index (χ0v) is 15.9. The Labute approximate surface area is 159 Å². The number of nitrogens with zero attached hydrogens (tertiary/aromatic N) is 2. The van der Waals surface area contributed by atoms with Gasteiger partial charge in [-0.05, 0) is 24.6 Å². The number of rotatable bonds is 8. The summed E-state index contributed by atoms with van der Waals surface area (Å²) in [6.07, 6.45) is 0.451. The van der Waals surface area contributed by atoms with Gasteiger partial charge in [0.2, 0.25) is 0 Å². The molecule has 0 aliphatic rings. The Morgan fingerprint density at radius 1 is 1.33 bits per heavy atom. The van der Waals surface area contributed by atoms with E-state index in [9.17, 15) is 14.7 Å². The molecule has 0 fully saturated rings. The topological polar surface area (TPSA) is 90.7 Å². The second-order valence-electron chi connectivity index (χ2n) is 6.03. The van der Waals surface area contributed by atoms with E-state index < -0.39 is 5.97 Å². The molecule has 8 heteroatoms. The number of ether oxygens (including phenoxy) is 2. The smallest absolute Gasteiger partial charge is 0.337 e. The van der Waals surface area contributed by atoms with Gasteiger partial charge in [0.25, 0.3) is 5.56 Å². The number of methoxy groups -OCH3 is 1. The predicted molar refractivity (Wildman–Crippen MR) is 103 cm³/mol. The van der Waals surface area contributed by atoms with Gasteiger partial charge in [-0.2, -0.15) is 0 Å². The van der Waals surface area contributed by atoms with Crippen LogP contribution in [0.4, 0.5) is 0 Å². The maximum Gasteiger partial charge on any atom is 0.337 e. The molecule has 3 rings (SSSR count). The summed E-state index contributed by atoms with van der Waals surface area (Å²) in [5.74, 6) is 0.144. The molecule has 0 unspecified atom stereocenters. The van der Waals surface area contributed by atoms with Gasteiger partial charge in [-0.1, -0.05) is 12.1 Å². The van der Waals surface area contributed by atoms with E-state index >= 15 is 0 Å². The molecule has 0 aliphatic heterocycles. The molecule has 0 amide bonds. The molecular formula is C19H20N2O5S. The summed E-state index contributed by atoms with van der Waals surface area (Å²) in [6.45, 7) is 2.92. The minimum absolute atomic E-state index is 0.0147. The fraction of sp³-hybridized carbons (Fsp3) is 0.316. The number of aromatic nitrogens is 2. The second-order valence-corrected chi connectivity index (χ2v) is 6.89. The van der Waals surface area contributed by atoms with Crippen molar-refractivity contribution in [3.63, 3.8) is 0 Å². The minimum Gasteiger partial charge on any atom is -0.492 e. The van der Waals surface area contributed by atoms with Gasteiger partial charge in [-0.3, -0.25) is 9.36 Å². The van der Waals surface area contributed by atoms with Gasteiger partial charge in [0.1, 0.15) is 23.0 Å². The summed E-state index contributed by atoms with van der Waals surface area (Å²) in [6, 6.07) is 7.64. The van der Waals surface area contributed by atoms with Crippen LogP contribution in [0.5, 0.6) is 5.75 Å². The van der Waals surface area contributed by atoms with Crippen molar-refractivity contribution >= 4 is 27.5 Å². The molecule has 1 N–H and O–H groups in total. The van der Waals surface area contributed by atoms with Gasteiger partial charge in [-0.15, -0.1) is 11.3 Å². The standard InChI is InChI=1S/C19H20N2O5S/c1-12-4-3-5-13(10-12)26-9-7-21-15(6-8-25-2)20-17-16(18(21)22)14(11-27-17)19(23)24/h3-5,10-11H,6-9H2,1-2H3,(H,23,24). The second kappa shape index (κ2) is 8.32. The summed E-state index contributed by atoms with van der Waals surface area (Å²) in [5.41, 5.74) is 0.703. The van der Waals surface area contributed by atoms with Crippen molar-refractivity contribution in [3.8, 4) is 5.75 Å². The lowest BCUT2D eigenvalue weighted by atomic mass is 10.2. The Bertz CT molecular complexity index is 1020. The van der Waals surface area contributed by atoms with E-state index in [1.54, 1.807) is 7.11 Å². The predicted octanol–water partition coefficient (Wildman–Crippen LogP) is 2.73. The highest BCUT2D eigenvalue weighted by Gasteiger charge is 2.19. The number of fused-ring (bicyclic) bond motifs is 1. The van der Waals surface area contributed by atoms with Gasteiger partial charge in [-0.25, -0.2) is 9.78 Å². The number of carbonyl (C=O) groups is 1. The van der Waals surface area contributed by atoms with Crippen LogP contribution in [0.3, 0.4) is 0 Å².